The lowest BCUT2D eigenvalue weighted by Gasteiger charge is -2.35. The third kappa shape index (κ3) is 2.35. The number of aromatic nitrogens is 2. The van der Waals surface area contributed by atoms with Crippen LogP contribution in [0.25, 0.3) is 10.8 Å². The van der Waals surface area contributed by atoms with Crippen LogP contribution in [0.15, 0.2) is 24.3 Å². The van der Waals surface area contributed by atoms with Crippen LogP contribution in [0.5, 0.6) is 0 Å². The summed E-state index contributed by atoms with van der Waals surface area (Å²) in [7, 11) is 2.09. The molecule has 1 heterocycles. The summed E-state index contributed by atoms with van der Waals surface area (Å²) >= 11 is 6.52. The first-order valence-corrected chi connectivity index (χ1v) is 7.71. The van der Waals surface area contributed by atoms with Gasteiger partial charge in [0.1, 0.15) is 0 Å². The summed E-state index contributed by atoms with van der Waals surface area (Å²) in [5, 5.41) is 11.3. The van der Waals surface area contributed by atoms with Crippen LogP contribution in [0, 0.1) is 6.92 Å². The maximum absolute atomic E-state index is 6.52. The van der Waals surface area contributed by atoms with Crippen LogP contribution in [-0.4, -0.2) is 28.7 Å². The first-order valence-electron chi connectivity index (χ1n) is 7.27. The molecule has 106 valence electrons. The molecule has 2 unspecified atom stereocenters. The zero-order valence-corrected chi connectivity index (χ0v) is 12.8. The molecule has 1 aliphatic carbocycles. The minimum absolute atomic E-state index is 0.204. The molecule has 3 nitrogen and oxygen atoms in total. The number of alkyl halides is 1. The SMILES string of the molecule is Cc1nnc(N(C)C2CCCCC2Cl)c2ccccc12. The molecule has 0 radical (unpaired) electrons. The van der Waals surface area contributed by atoms with Gasteiger partial charge in [0.2, 0.25) is 0 Å². The fourth-order valence-electron chi connectivity index (χ4n) is 3.14. The fourth-order valence-corrected chi connectivity index (χ4v) is 3.59. The average molecular weight is 290 g/mol. The van der Waals surface area contributed by atoms with Gasteiger partial charge in [0.25, 0.3) is 0 Å². The second-order valence-corrected chi connectivity index (χ2v) is 6.19. The Morgan fingerprint density at radius 3 is 2.55 bits per heavy atom. The average Bonchev–Trinajstić information content (AvgIpc) is 2.48. The third-order valence-corrected chi connectivity index (χ3v) is 4.84. The van der Waals surface area contributed by atoms with Crippen molar-refractivity contribution in [2.75, 3.05) is 11.9 Å². The first-order chi connectivity index (χ1) is 9.68. The predicted molar refractivity (Wildman–Crippen MR) is 84.6 cm³/mol. The zero-order chi connectivity index (χ0) is 14.1. The van der Waals surface area contributed by atoms with Crippen molar-refractivity contribution in [2.24, 2.45) is 0 Å². The van der Waals surface area contributed by atoms with E-state index < -0.39 is 0 Å². The second-order valence-electron chi connectivity index (χ2n) is 5.63. The predicted octanol–water partition coefficient (Wildman–Crippen LogP) is 3.92. The van der Waals surface area contributed by atoms with Crippen molar-refractivity contribution in [1.29, 1.82) is 0 Å². The summed E-state index contributed by atoms with van der Waals surface area (Å²) in [6.07, 6.45) is 4.70. The quantitative estimate of drug-likeness (QED) is 0.785. The molecule has 0 amide bonds. The molecule has 0 aliphatic heterocycles. The number of rotatable bonds is 2. The van der Waals surface area contributed by atoms with Crippen LogP contribution in [-0.2, 0) is 0 Å². The molecule has 0 spiro atoms. The highest BCUT2D eigenvalue weighted by molar-refractivity contribution is 6.21. The summed E-state index contributed by atoms with van der Waals surface area (Å²) in [5.41, 5.74) is 0.976. The Labute approximate surface area is 124 Å². The normalized spacial score (nSPS) is 22.9. The molecule has 1 saturated carbocycles. The molecule has 3 rings (SSSR count). The van der Waals surface area contributed by atoms with Crippen LogP contribution in [0.1, 0.15) is 31.4 Å². The van der Waals surface area contributed by atoms with Crippen LogP contribution < -0.4 is 4.90 Å². The molecular formula is C16H20ClN3. The van der Waals surface area contributed by atoms with E-state index in [1.54, 1.807) is 0 Å². The van der Waals surface area contributed by atoms with E-state index >= 15 is 0 Å². The van der Waals surface area contributed by atoms with Gasteiger partial charge in [0, 0.05) is 23.9 Å². The molecule has 0 saturated heterocycles. The lowest BCUT2D eigenvalue weighted by Crippen LogP contribution is -2.41. The van der Waals surface area contributed by atoms with Crippen molar-refractivity contribution in [3.63, 3.8) is 0 Å². The minimum Gasteiger partial charge on any atom is -0.353 e. The molecule has 20 heavy (non-hydrogen) atoms. The topological polar surface area (TPSA) is 29.0 Å². The molecule has 2 atom stereocenters. The summed E-state index contributed by atoms with van der Waals surface area (Å²) in [4.78, 5) is 2.23. The van der Waals surface area contributed by atoms with Gasteiger partial charge in [0.05, 0.1) is 11.1 Å². The molecule has 1 aromatic carbocycles. The smallest absolute Gasteiger partial charge is 0.159 e. The Bertz CT molecular complexity index is 614. The minimum atomic E-state index is 0.204. The molecule has 1 aromatic heterocycles. The highest BCUT2D eigenvalue weighted by Gasteiger charge is 2.28. The number of hydrogen-bond donors (Lipinski definition) is 0. The summed E-state index contributed by atoms with van der Waals surface area (Å²) in [6.45, 7) is 2.00. The van der Waals surface area contributed by atoms with Crippen LogP contribution >= 0.6 is 11.6 Å². The van der Waals surface area contributed by atoms with Gasteiger partial charge < -0.3 is 4.90 Å². The highest BCUT2D eigenvalue weighted by Crippen LogP contribution is 2.32. The van der Waals surface area contributed by atoms with Gasteiger partial charge in [-0.3, -0.25) is 0 Å². The Hall–Kier alpha value is -1.35. The van der Waals surface area contributed by atoms with Gasteiger partial charge >= 0.3 is 0 Å². The largest absolute Gasteiger partial charge is 0.353 e. The second kappa shape index (κ2) is 5.57. The maximum Gasteiger partial charge on any atom is 0.159 e. The maximum atomic E-state index is 6.52. The first kappa shape index (κ1) is 13.6. The van der Waals surface area contributed by atoms with E-state index in [0.717, 1.165) is 29.7 Å². The van der Waals surface area contributed by atoms with Crippen molar-refractivity contribution < 1.29 is 0 Å². The lowest BCUT2D eigenvalue weighted by atomic mass is 9.93. The van der Waals surface area contributed by atoms with Crippen LogP contribution in [0.3, 0.4) is 0 Å². The van der Waals surface area contributed by atoms with E-state index in [4.69, 9.17) is 11.6 Å². The van der Waals surface area contributed by atoms with Crippen molar-refractivity contribution >= 4 is 28.2 Å². The van der Waals surface area contributed by atoms with Crippen molar-refractivity contribution in [2.45, 2.75) is 44.0 Å². The van der Waals surface area contributed by atoms with Gasteiger partial charge in [0.15, 0.2) is 5.82 Å². The fraction of sp³-hybridized carbons (Fsp3) is 0.500. The number of aryl methyl sites for hydroxylation is 1. The summed E-state index contributed by atoms with van der Waals surface area (Å²) in [6, 6.07) is 8.68. The molecule has 2 aromatic rings. The molecule has 1 fully saturated rings. The Kier molecular flexibility index (Phi) is 3.79. The van der Waals surface area contributed by atoms with E-state index in [2.05, 4.69) is 40.3 Å². The Morgan fingerprint density at radius 2 is 1.80 bits per heavy atom. The molecule has 0 N–H and O–H groups in total. The van der Waals surface area contributed by atoms with E-state index in [1.165, 1.54) is 18.2 Å². The monoisotopic (exact) mass is 289 g/mol. The lowest BCUT2D eigenvalue weighted by molar-refractivity contribution is 0.432. The number of anilines is 1. The Morgan fingerprint density at radius 1 is 1.10 bits per heavy atom. The molecule has 1 aliphatic rings. The Balaban J connectivity index is 2.03. The van der Waals surface area contributed by atoms with Crippen LogP contribution in [0.2, 0.25) is 0 Å². The molecule has 0 bridgehead atoms. The van der Waals surface area contributed by atoms with Crippen molar-refractivity contribution in [1.82, 2.24) is 10.2 Å². The van der Waals surface area contributed by atoms with E-state index in [1.807, 2.05) is 13.0 Å². The van der Waals surface area contributed by atoms with Gasteiger partial charge in [-0.25, -0.2) is 0 Å². The number of fused-ring (bicyclic) bond motifs is 1. The van der Waals surface area contributed by atoms with Crippen molar-refractivity contribution in [3.05, 3.63) is 30.0 Å². The number of benzene rings is 1. The van der Waals surface area contributed by atoms with Gasteiger partial charge in [-0.2, -0.15) is 5.10 Å². The van der Waals surface area contributed by atoms with E-state index in [-0.39, 0.29) is 5.38 Å². The van der Waals surface area contributed by atoms with Gasteiger partial charge in [-0.1, -0.05) is 37.1 Å². The van der Waals surface area contributed by atoms with E-state index in [9.17, 15) is 0 Å². The van der Waals surface area contributed by atoms with E-state index in [0.29, 0.717) is 6.04 Å². The zero-order valence-electron chi connectivity index (χ0n) is 12.0. The third-order valence-electron chi connectivity index (χ3n) is 4.33. The summed E-state index contributed by atoms with van der Waals surface area (Å²) < 4.78 is 0. The van der Waals surface area contributed by atoms with Gasteiger partial charge in [-0.15, -0.1) is 16.7 Å². The van der Waals surface area contributed by atoms with Crippen molar-refractivity contribution in [3.8, 4) is 0 Å². The number of nitrogens with zero attached hydrogens (tertiary/aromatic N) is 3. The number of hydrogen-bond acceptors (Lipinski definition) is 3. The highest BCUT2D eigenvalue weighted by atomic mass is 35.5. The van der Waals surface area contributed by atoms with Crippen LogP contribution in [0.4, 0.5) is 5.82 Å². The summed E-state index contributed by atoms with van der Waals surface area (Å²) in [5.74, 6) is 0.948. The van der Waals surface area contributed by atoms with Gasteiger partial charge in [-0.05, 0) is 19.8 Å². The molecular weight excluding hydrogens is 270 g/mol. The number of halogens is 1. The molecule has 4 heteroatoms. The standard InChI is InChI=1S/C16H20ClN3/c1-11-12-7-3-4-8-13(12)16(19-18-11)20(2)15-10-6-5-9-14(15)17/h3-4,7-8,14-15H,5-6,9-10H2,1-2H3.